The van der Waals surface area contributed by atoms with Gasteiger partial charge in [-0.2, -0.15) is 0 Å². The molecule has 6 rings (SSSR count). The fourth-order valence-electron chi connectivity index (χ4n) is 4.71. The Morgan fingerprint density at radius 2 is 1.54 bits per heavy atom. The molecule has 0 unspecified atom stereocenters. The van der Waals surface area contributed by atoms with Gasteiger partial charge in [-0.3, -0.25) is 19.3 Å². The van der Waals surface area contributed by atoms with Gasteiger partial charge in [0, 0.05) is 22.8 Å². The molecule has 0 saturated heterocycles. The molecule has 7 nitrogen and oxygen atoms in total. The molecule has 0 atom stereocenters. The Labute approximate surface area is 216 Å². The molecular formula is C29H20ClN3O4. The minimum absolute atomic E-state index is 0.111. The van der Waals surface area contributed by atoms with Crippen LogP contribution in [0, 0.1) is 0 Å². The zero-order valence-corrected chi connectivity index (χ0v) is 20.5. The number of imide groups is 1. The molecule has 0 radical (unpaired) electrons. The smallest absolute Gasteiger partial charge is 0.261 e. The number of halogens is 1. The van der Waals surface area contributed by atoms with Crippen LogP contribution in [0.25, 0.3) is 21.7 Å². The van der Waals surface area contributed by atoms with Gasteiger partial charge in [0.1, 0.15) is 12.4 Å². The van der Waals surface area contributed by atoms with Crippen LogP contribution in [0.15, 0.2) is 83.7 Å². The normalized spacial score (nSPS) is 13.0. The van der Waals surface area contributed by atoms with E-state index in [0.717, 1.165) is 15.8 Å². The Kier molecular flexibility index (Phi) is 5.50. The molecular weight excluding hydrogens is 490 g/mol. The van der Waals surface area contributed by atoms with Gasteiger partial charge in [-0.1, -0.05) is 48.0 Å². The maximum atomic E-state index is 13.3. The third-order valence-electron chi connectivity index (χ3n) is 6.63. The van der Waals surface area contributed by atoms with Crippen molar-refractivity contribution in [2.24, 2.45) is 7.05 Å². The van der Waals surface area contributed by atoms with Gasteiger partial charge in [-0.15, -0.1) is 0 Å². The molecule has 0 saturated carbocycles. The zero-order valence-electron chi connectivity index (χ0n) is 19.8. The molecule has 0 fully saturated rings. The third kappa shape index (κ3) is 3.84. The quantitative estimate of drug-likeness (QED) is 0.307. The summed E-state index contributed by atoms with van der Waals surface area (Å²) in [6.07, 6.45) is 0. The van der Waals surface area contributed by atoms with E-state index < -0.39 is 11.8 Å². The maximum Gasteiger partial charge on any atom is 0.261 e. The molecule has 1 aliphatic heterocycles. The van der Waals surface area contributed by atoms with Crippen molar-refractivity contribution >= 4 is 45.1 Å². The first-order chi connectivity index (χ1) is 17.9. The summed E-state index contributed by atoms with van der Waals surface area (Å²) in [5.74, 6) is -0.464. The highest BCUT2D eigenvalue weighted by molar-refractivity contribution is 6.31. The number of aromatic nitrogens is 2. The summed E-state index contributed by atoms with van der Waals surface area (Å²) in [6.45, 7) is -0.0270. The molecule has 182 valence electrons. The van der Waals surface area contributed by atoms with E-state index in [4.69, 9.17) is 16.3 Å². The number of hydrogen-bond donors (Lipinski definition) is 0. The van der Waals surface area contributed by atoms with Crippen LogP contribution in [0.5, 0.6) is 5.75 Å². The standard InChI is InChI=1S/C29H20ClN3O4/c1-32-25(15-33-28(35)20-7-3-4-8-21(20)29(33)36)26(23-14-18(30)11-13-22(23)27(32)34)37-16-19-12-10-17-6-2-5-9-24(17)31-19/h2-14H,15-16H2,1H3. The van der Waals surface area contributed by atoms with E-state index >= 15 is 0 Å². The number of amides is 2. The Morgan fingerprint density at radius 3 is 2.30 bits per heavy atom. The van der Waals surface area contributed by atoms with Gasteiger partial charge in [-0.25, -0.2) is 4.98 Å². The SMILES string of the molecule is Cn1c(CN2C(=O)c3ccccc3C2=O)c(OCc2ccc3ccccc3n2)c2cc(Cl)ccc2c1=O. The Bertz CT molecular complexity index is 1780. The molecule has 1 aliphatic rings. The molecule has 37 heavy (non-hydrogen) atoms. The van der Waals surface area contributed by atoms with E-state index in [1.165, 1.54) is 4.57 Å². The van der Waals surface area contributed by atoms with Crippen molar-refractivity contribution < 1.29 is 14.3 Å². The van der Waals surface area contributed by atoms with Gasteiger partial charge in [0.25, 0.3) is 17.4 Å². The fraction of sp³-hybridized carbons (Fsp3) is 0.103. The molecule has 2 amide bonds. The largest absolute Gasteiger partial charge is 0.485 e. The van der Waals surface area contributed by atoms with Crippen molar-refractivity contribution in [2.45, 2.75) is 13.2 Å². The van der Waals surface area contributed by atoms with E-state index in [0.29, 0.717) is 44.1 Å². The van der Waals surface area contributed by atoms with Crippen LogP contribution in [0.2, 0.25) is 5.02 Å². The molecule has 0 aliphatic carbocycles. The molecule has 0 spiro atoms. The van der Waals surface area contributed by atoms with Crippen LogP contribution < -0.4 is 10.3 Å². The lowest BCUT2D eigenvalue weighted by Gasteiger charge is -2.21. The zero-order chi connectivity index (χ0) is 25.7. The second-order valence-electron chi connectivity index (χ2n) is 8.86. The molecule has 8 heteroatoms. The third-order valence-corrected chi connectivity index (χ3v) is 6.87. The lowest BCUT2D eigenvalue weighted by Crippen LogP contribution is -2.33. The summed E-state index contributed by atoms with van der Waals surface area (Å²) in [5.41, 5.74) is 2.30. The molecule has 0 bridgehead atoms. The Hall–Kier alpha value is -4.49. The number of para-hydroxylation sites is 1. The van der Waals surface area contributed by atoms with Crippen molar-refractivity contribution in [1.29, 1.82) is 0 Å². The topological polar surface area (TPSA) is 81.5 Å². The minimum atomic E-state index is -0.415. The van der Waals surface area contributed by atoms with E-state index in [1.54, 1.807) is 49.5 Å². The number of carbonyl (C=O) groups is 2. The van der Waals surface area contributed by atoms with Crippen LogP contribution in [0.4, 0.5) is 0 Å². The molecule has 5 aromatic rings. The highest BCUT2D eigenvalue weighted by Crippen LogP contribution is 2.33. The van der Waals surface area contributed by atoms with Gasteiger partial charge < -0.3 is 9.30 Å². The first-order valence-electron chi connectivity index (χ1n) is 11.7. The lowest BCUT2D eigenvalue weighted by atomic mass is 10.1. The summed E-state index contributed by atoms with van der Waals surface area (Å²) in [7, 11) is 1.60. The highest BCUT2D eigenvalue weighted by Gasteiger charge is 2.36. The van der Waals surface area contributed by atoms with E-state index in [2.05, 4.69) is 4.98 Å². The predicted molar refractivity (Wildman–Crippen MR) is 141 cm³/mol. The van der Waals surface area contributed by atoms with E-state index in [-0.39, 0.29) is 18.7 Å². The number of benzene rings is 3. The van der Waals surface area contributed by atoms with Crippen molar-refractivity contribution in [2.75, 3.05) is 0 Å². The van der Waals surface area contributed by atoms with E-state index in [1.807, 2.05) is 36.4 Å². The van der Waals surface area contributed by atoms with Gasteiger partial charge in [-0.05, 0) is 42.5 Å². The Balaban J connectivity index is 1.45. The summed E-state index contributed by atoms with van der Waals surface area (Å²) in [4.78, 5) is 45.2. The van der Waals surface area contributed by atoms with Crippen molar-refractivity contribution in [1.82, 2.24) is 14.5 Å². The van der Waals surface area contributed by atoms with Crippen LogP contribution in [-0.4, -0.2) is 26.3 Å². The Morgan fingerprint density at radius 1 is 0.838 bits per heavy atom. The summed E-state index contributed by atoms with van der Waals surface area (Å²) in [5, 5.41) is 2.36. The number of pyridine rings is 2. The second-order valence-corrected chi connectivity index (χ2v) is 9.29. The predicted octanol–water partition coefficient (Wildman–Crippen LogP) is 5.12. The van der Waals surface area contributed by atoms with Crippen molar-refractivity contribution in [3.05, 3.63) is 117 Å². The lowest BCUT2D eigenvalue weighted by molar-refractivity contribution is 0.0637. The second kappa shape index (κ2) is 8.87. The van der Waals surface area contributed by atoms with Crippen LogP contribution in [-0.2, 0) is 20.2 Å². The van der Waals surface area contributed by atoms with Crippen molar-refractivity contribution in [3.63, 3.8) is 0 Å². The number of rotatable bonds is 5. The molecule has 0 N–H and O–H groups in total. The number of fused-ring (bicyclic) bond motifs is 3. The molecule has 3 heterocycles. The minimum Gasteiger partial charge on any atom is -0.485 e. The van der Waals surface area contributed by atoms with Crippen LogP contribution in [0.1, 0.15) is 32.1 Å². The van der Waals surface area contributed by atoms with E-state index in [9.17, 15) is 14.4 Å². The van der Waals surface area contributed by atoms with Gasteiger partial charge in [0.2, 0.25) is 0 Å². The monoisotopic (exact) mass is 509 g/mol. The number of hydrogen-bond acceptors (Lipinski definition) is 5. The van der Waals surface area contributed by atoms with Crippen LogP contribution >= 0.6 is 11.6 Å². The number of carbonyl (C=O) groups excluding carboxylic acids is 2. The maximum absolute atomic E-state index is 13.3. The van der Waals surface area contributed by atoms with Gasteiger partial charge in [0.15, 0.2) is 0 Å². The molecule has 2 aromatic heterocycles. The average molecular weight is 510 g/mol. The van der Waals surface area contributed by atoms with Crippen LogP contribution in [0.3, 0.4) is 0 Å². The summed E-state index contributed by atoms with van der Waals surface area (Å²) < 4.78 is 7.72. The molecule has 3 aromatic carbocycles. The average Bonchev–Trinajstić information content (AvgIpc) is 3.16. The highest BCUT2D eigenvalue weighted by atomic mass is 35.5. The van der Waals surface area contributed by atoms with Gasteiger partial charge >= 0.3 is 0 Å². The fourth-order valence-corrected chi connectivity index (χ4v) is 4.88. The van der Waals surface area contributed by atoms with Gasteiger partial charge in [0.05, 0.1) is 40.0 Å². The first kappa shape index (κ1) is 22.9. The first-order valence-corrected chi connectivity index (χ1v) is 12.0. The summed E-state index contributed by atoms with van der Waals surface area (Å²) >= 11 is 6.30. The summed E-state index contributed by atoms with van der Waals surface area (Å²) in [6, 6.07) is 23.2. The number of ether oxygens (including phenoxy) is 1. The number of nitrogens with zero attached hydrogens (tertiary/aromatic N) is 3. The van der Waals surface area contributed by atoms with Crippen molar-refractivity contribution in [3.8, 4) is 5.75 Å².